The van der Waals surface area contributed by atoms with Crippen molar-refractivity contribution in [1.82, 2.24) is 9.97 Å². The van der Waals surface area contributed by atoms with E-state index in [0.717, 1.165) is 6.20 Å². The maximum Gasteiger partial charge on any atom is 0.501 e. The molecule has 0 unspecified atom stereocenters. The van der Waals surface area contributed by atoms with Gasteiger partial charge in [0.05, 0.1) is 16.7 Å². The van der Waals surface area contributed by atoms with E-state index in [4.69, 9.17) is 9.31 Å². The zero-order chi connectivity index (χ0) is 12.8. The Hall–Kier alpha value is -1.08. The van der Waals surface area contributed by atoms with Crippen molar-refractivity contribution in [3.8, 4) is 0 Å². The predicted molar refractivity (Wildman–Crippen MR) is 57.7 cm³/mol. The van der Waals surface area contributed by atoms with Crippen molar-refractivity contribution >= 4 is 12.6 Å². The Morgan fingerprint density at radius 1 is 1.12 bits per heavy atom. The standard InChI is InChI=1S/C10H13BF2N2O2/c1-9(2)10(3,4)17-11(16-9)6-5-14-8(13)15-7(6)12/h5H,1-4H3. The number of nitrogens with zero attached hydrogens (tertiary/aromatic N) is 2. The van der Waals surface area contributed by atoms with Crippen LogP contribution in [0.15, 0.2) is 6.20 Å². The van der Waals surface area contributed by atoms with Crippen LogP contribution in [-0.2, 0) is 9.31 Å². The first-order valence-electron chi connectivity index (χ1n) is 5.26. The van der Waals surface area contributed by atoms with Crippen LogP contribution in [0.1, 0.15) is 27.7 Å². The second kappa shape index (κ2) is 3.71. The number of rotatable bonds is 1. The highest BCUT2D eigenvalue weighted by molar-refractivity contribution is 6.62. The molecule has 0 amide bonds. The number of aromatic nitrogens is 2. The lowest BCUT2D eigenvalue weighted by molar-refractivity contribution is 0.00578. The van der Waals surface area contributed by atoms with Crippen LogP contribution >= 0.6 is 0 Å². The highest BCUT2D eigenvalue weighted by Crippen LogP contribution is 2.36. The molecule has 1 fully saturated rings. The average molecular weight is 242 g/mol. The maximum atomic E-state index is 13.5. The van der Waals surface area contributed by atoms with Gasteiger partial charge in [0.2, 0.25) is 5.95 Å². The van der Waals surface area contributed by atoms with Crippen molar-refractivity contribution in [1.29, 1.82) is 0 Å². The minimum absolute atomic E-state index is 0.00468. The third kappa shape index (κ3) is 2.04. The number of hydrogen-bond donors (Lipinski definition) is 0. The lowest BCUT2D eigenvalue weighted by Crippen LogP contribution is -2.41. The normalized spacial score (nSPS) is 21.9. The van der Waals surface area contributed by atoms with Crippen molar-refractivity contribution in [2.45, 2.75) is 38.9 Å². The Bertz CT molecular complexity index is 438. The quantitative estimate of drug-likeness (QED) is 0.419. The lowest BCUT2D eigenvalue weighted by atomic mass is 9.81. The average Bonchev–Trinajstić information content (AvgIpc) is 2.35. The summed E-state index contributed by atoms with van der Waals surface area (Å²) in [5.74, 6) is -0.962. The van der Waals surface area contributed by atoms with Gasteiger partial charge in [-0.25, -0.2) is 4.98 Å². The molecule has 2 rings (SSSR count). The van der Waals surface area contributed by atoms with Crippen molar-refractivity contribution < 1.29 is 18.1 Å². The van der Waals surface area contributed by atoms with Crippen molar-refractivity contribution in [2.24, 2.45) is 0 Å². The molecule has 0 spiro atoms. The molecule has 4 nitrogen and oxygen atoms in total. The smallest absolute Gasteiger partial charge is 0.399 e. The van der Waals surface area contributed by atoms with Crippen molar-refractivity contribution in [3.05, 3.63) is 18.2 Å². The first-order chi connectivity index (χ1) is 7.73. The highest BCUT2D eigenvalue weighted by Gasteiger charge is 2.52. The molecule has 0 saturated carbocycles. The summed E-state index contributed by atoms with van der Waals surface area (Å²) in [5.41, 5.74) is -1.16. The zero-order valence-electron chi connectivity index (χ0n) is 10.1. The van der Waals surface area contributed by atoms with E-state index in [1.165, 1.54) is 0 Å². The van der Waals surface area contributed by atoms with Gasteiger partial charge >= 0.3 is 13.2 Å². The second-order valence-corrected chi connectivity index (χ2v) is 4.97. The van der Waals surface area contributed by atoms with Crippen LogP contribution in [0.3, 0.4) is 0 Å². The first-order valence-corrected chi connectivity index (χ1v) is 5.26. The van der Waals surface area contributed by atoms with Crippen molar-refractivity contribution in [3.63, 3.8) is 0 Å². The van der Waals surface area contributed by atoms with Gasteiger partial charge < -0.3 is 9.31 Å². The molecule has 0 atom stereocenters. The van der Waals surface area contributed by atoms with E-state index in [1.807, 2.05) is 27.7 Å². The molecule has 1 aliphatic rings. The van der Waals surface area contributed by atoms with Crippen LogP contribution in [0, 0.1) is 12.0 Å². The van der Waals surface area contributed by atoms with Gasteiger partial charge in [0.1, 0.15) is 0 Å². The molecule has 17 heavy (non-hydrogen) atoms. The third-order valence-corrected chi connectivity index (χ3v) is 3.25. The van der Waals surface area contributed by atoms with Gasteiger partial charge in [-0.1, -0.05) is 0 Å². The van der Waals surface area contributed by atoms with Crippen molar-refractivity contribution in [2.75, 3.05) is 0 Å². The molecule has 0 radical (unpaired) electrons. The largest absolute Gasteiger partial charge is 0.501 e. The molecule has 1 aromatic rings. The zero-order valence-corrected chi connectivity index (χ0v) is 10.1. The van der Waals surface area contributed by atoms with E-state index in [0.29, 0.717) is 0 Å². The summed E-state index contributed by atoms with van der Waals surface area (Å²) < 4.78 is 37.3. The van der Waals surface area contributed by atoms with E-state index in [1.54, 1.807) is 0 Å². The van der Waals surface area contributed by atoms with Gasteiger partial charge in [0.15, 0.2) is 0 Å². The van der Waals surface area contributed by atoms with Gasteiger partial charge in [0, 0.05) is 6.20 Å². The molecule has 7 heteroatoms. The SMILES string of the molecule is CC1(C)OB(c2cnc(F)nc2F)OC1(C)C. The molecule has 0 aromatic carbocycles. The van der Waals surface area contributed by atoms with E-state index in [-0.39, 0.29) is 5.46 Å². The van der Waals surface area contributed by atoms with Gasteiger partial charge in [-0.3, -0.25) is 0 Å². The topological polar surface area (TPSA) is 44.2 Å². The Morgan fingerprint density at radius 3 is 2.12 bits per heavy atom. The van der Waals surface area contributed by atoms with E-state index in [2.05, 4.69) is 9.97 Å². The molecule has 0 aliphatic carbocycles. The first kappa shape index (κ1) is 12.4. The molecule has 1 saturated heterocycles. The Labute approximate surface area is 98.5 Å². The Morgan fingerprint density at radius 2 is 1.65 bits per heavy atom. The van der Waals surface area contributed by atoms with E-state index in [9.17, 15) is 8.78 Å². The summed E-state index contributed by atoms with van der Waals surface area (Å²) in [7, 11) is -0.916. The summed E-state index contributed by atoms with van der Waals surface area (Å²) in [4.78, 5) is 6.31. The lowest BCUT2D eigenvalue weighted by Gasteiger charge is -2.32. The predicted octanol–water partition coefficient (Wildman–Crippen LogP) is 1.05. The molecular weight excluding hydrogens is 229 g/mol. The van der Waals surface area contributed by atoms with E-state index >= 15 is 0 Å². The number of halogens is 2. The fraction of sp³-hybridized carbons (Fsp3) is 0.600. The van der Waals surface area contributed by atoms with Crippen LogP contribution in [0.25, 0.3) is 0 Å². The highest BCUT2D eigenvalue weighted by atomic mass is 19.1. The van der Waals surface area contributed by atoms with Crippen LogP contribution in [0.5, 0.6) is 0 Å². The molecule has 2 heterocycles. The molecule has 0 N–H and O–H groups in total. The van der Waals surface area contributed by atoms with Gasteiger partial charge in [0.25, 0.3) is 0 Å². The van der Waals surface area contributed by atoms with Crippen LogP contribution in [0.2, 0.25) is 0 Å². The monoisotopic (exact) mass is 242 g/mol. The maximum absolute atomic E-state index is 13.5. The summed E-state index contributed by atoms with van der Waals surface area (Å²) >= 11 is 0. The summed E-state index contributed by atoms with van der Waals surface area (Å²) in [5, 5.41) is 0. The second-order valence-electron chi connectivity index (χ2n) is 4.97. The van der Waals surface area contributed by atoms with Crippen LogP contribution in [-0.4, -0.2) is 28.3 Å². The fourth-order valence-corrected chi connectivity index (χ4v) is 1.48. The summed E-state index contributed by atoms with van der Waals surface area (Å²) in [6, 6.07) is 0. The Balaban J connectivity index is 2.32. The summed E-state index contributed by atoms with van der Waals surface area (Å²) in [6.45, 7) is 7.37. The van der Waals surface area contributed by atoms with Gasteiger partial charge in [-0.2, -0.15) is 13.8 Å². The summed E-state index contributed by atoms with van der Waals surface area (Å²) in [6.07, 6.45) is -0.0671. The molecule has 1 aliphatic heterocycles. The minimum atomic E-state index is -1.11. The number of hydrogen-bond acceptors (Lipinski definition) is 4. The fourth-order valence-electron chi connectivity index (χ4n) is 1.48. The Kier molecular flexibility index (Phi) is 2.70. The molecule has 0 bridgehead atoms. The van der Waals surface area contributed by atoms with E-state index < -0.39 is 30.3 Å². The van der Waals surface area contributed by atoms with Crippen LogP contribution < -0.4 is 5.46 Å². The molecular formula is C10H13BF2N2O2. The van der Waals surface area contributed by atoms with Gasteiger partial charge in [-0.15, -0.1) is 0 Å². The molecule has 92 valence electrons. The minimum Gasteiger partial charge on any atom is -0.399 e. The van der Waals surface area contributed by atoms with Crippen LogP contribution in [0.4, 0.5) is 8.78 Å². The molecule has 1 aromatic heterocycles. The third-order valence-electron chi connectivity index (χ3n) is 3.25. The van der Waals surface area contributed by atoms with Gasteiger partial charge in [-0.05, 0) is 27.7 Å².